The number of phenols is 1. The number of carbonyl (C=O) groups is 1. The third kappa shape index (κ3) is 2.91. The molecule has 2 aromatic heterocycles. The number of para-hydroxylation sites is 1. The maximum absolute atomic E-state index is 13.6. The highest BCUT2D eigenvalue weighted by atomic mass is 19.1. The van der Waals surface area contributed by atoms with E-state index in [1.165, 1.54) is 12.1 Å². The van der Waals surface area contributed by atoms with Crippen molar-refractivity contribution in [1.82, 2.24) is 20.1 Å². The Morgan fingerprint density at radius 1 is 1.03 bits per heavy atom. The minimum absolute atomic E-state index is 0.0738. The zero-order chi connectivity index (χ0) is 20.7. The third-order valence-electron chi connectivity index (χ3n) is 5.31. The lowest BCUT2D eigenvalue weighted by Gasteiger charge is -2.26. The van der Waals surface area contributed by atoms with E-state index in [0.29, 0.717) is 29.1 Å². The fourth-order valence-electron chi connectivity index (χ4n) is 3.92. The summed E-state index contributed by atoms with van der Waals surface area (Å²) in [6, 6.07) is 16.2. The third-order valence-corrected chi connectivity index (χ3v) is 5.31. The van der Waals surface area contributed by atoms with E-state index in [9.17, 15) is 14.3 Å². The SMILES string of the molecule is O=C1c2[nH]nc(-c3ccccc3O)c2[C@@H](c2ccc(F)cc2)N1Cc1ccncc1. The molecule has 30 heavy (non-hydrogen) atoms. The van der Waals surface area contributed by atoms with Crippen LogP contribution in [-0.4, -0.2) is 31.1 Å². The zero-order valence-corrected chi connectivity index (χ0v) is 15.8. The van der Waals surface area contributed by atoms with E-state index in [2.05, 4.69) is 15.2 Å². The average molecular weight is 400 g/mol. The van der Waals surface area contributed by atoms with Crippen molar-refractivity contribution in [1.29, 1.82) is 0 Å². The summed E-state index contributed by atoms with van der Waals surface area (Å²) < 4.78 is 13.6. The van der Waals surface area contributed by atoms with Crippen LogP contribution < -0.4 is 0 Å². The molecule has 0 bridgehead atoms. The summed E-state index contributed by atoms with van der Waals surface area (Å²) in [5.41, 5.74) is 3.76. The topological polar surface area (TPSA) is 82.1 Å². The maximum Gasteiger partial charge on any atom is 0.273 e. The van der Waals surface area contributed by atoms with Crippen LogP contribution in [0.25, 0.3) is 11.3 Å². The molecular formula is C23H17FN4O2. The Kier molecular flexibility index (Phi) is 4.28. The number of amides is 1. The van der Waals surface area contributed by atoms with Crippen molar-refractivity contribution in [3.63, 3.8) is 0 Å². The molecule has 0 spiro atoms. The monoisotopic (exact) mass is 400 g/mol. The fourth-order valence-corrected chi connectivity index (χ4v) is 3.92. The molecule has 2 aromatic carbocycles. The number of nitrogens with zero attached hydrogens (tertiary/aromatic N) is 3. The normalized spacial score (nSPS) is 15.4. The highest BCUT2D eigenvalue weighted by Gasteiger charge is 2.42. The molecule has 0 saturated carbocycles. The second-order valence-electron chi connectivity index (χ2n) is 7.12. The van der Waals surface area contributed by atoms with Crippen molar-refractivity contribution in [2.75, 3.05) is 0 Å². The van der Waals surface area contributed by atoms with E-state index in [0.717, 1.165) is 11.1 Å². The number of nitrogens with one attached hydrogen (secondary N) is 1. The number of aromatic hydroxyl groups is 1. The predicted octanol–water partition coefficient (Wildman–Crippen LogP) is 4.06. The molecule has 1 amide bonds. The summed E-state index contributed by atoms with van der Waals surface area (Å²) in [4.78, 5) is 19.0. The van der Waals surface area contributed by atoms with Gasteiger partial charge in [0.05, 0.1) is 6.04 Å². The molecule has 0 fully saturated rings. The highest BCUT2D eigenvalue weighted by Crippen LogP contribution is 2.44. The first-order valence-corrected chi connectivity index (χ1v) is 9.45. The van der Waals surface area contributed by atoms with Crippen LogP contribution in [0.5, 0.6) is 5.75 Å². The number of fused-ring (bicyclic) bond motifs is 1. The van der Waals surface area contributed by atoms with Crippen LogP contribution in [0.3, 0.4) is 0 Å². The Morgan fingerprint density at radius 3 is 2.50 bits per heavy atom. The molecule has 0 unspecified atom stereocenters. The minimum Gasteiger partial charge on any atom is -0.507 e. The van der Waals surface area contributed by atoms with Gasteiger partial charge in [0.2, 0.25) is 0 Å². The molecule has 0 saturated heterocycles. The number of halogens is 1. The summed E-state index contributed by atoms with van der Waals surface area (Å²) in [6.45, 7) is 0.353. The van der Waals surface area contributed by atoms with E-state index in [1.54, 1.807) is 53.7 Å². The van der Waals surface area contributed by atoms with Crippen LogP contribution >= 0.6 is 0 Å². The number of aromatic amines is 1. The molecule has 1 aliphatic heterocycles. The number of rotatable bonds is 4. The second kappa shape index (κ2) is 7.11. The number of hydrogen-bond acceptors (Lipinski definition) is 4. The molecule has 0 aliphatic carbocycles. The van der Waals surface area contributed by atoms with Crippen LogP contribution in [-0.2, 0) is 6.54 Å². The van der Waals surface area contributed by atoms with Crippen molar-refractivity contribution >= 4 is 5.91 Å². The molecule has 6 nitrogen and oxygen atoms in total. The molecule has 0 radical (unpaired) electrons. The molecule has 7 heteroatoms. The fraction of sp³-hybridized carbons (Fsp3) is 0.0870. The van der Waals surface area contributed by atoms with Gasteiger partial charge in [0.25, 0.3) is 5.91 Å². The molecule has 1 aliphatic rings. The Morgan fingerprint density at radius 2 is 1.77 bits per heavy atom. The molecule has 2 N–H and O–H groups in total. The Bertz CT molecular complexity index is 1220. The maximum atomic E-state index is 13.6. The zero-order valence-electron chi connectivity index (χ0n) is 15.8. The van der Waals surface area contributed by atoms with Crippen LogP contribution in [0.2, 0.25) is 0 Å². The average Bonchev–Trinajstić information content (AvgIpc) is 3.30. The van der Waals surface area contributed by atoms with E-state index in [-0.39, 0.29) is 17.5 Å². The van der Waals surface area contributed by atoms with Crippen molar-refractivity contribution < 1.29 is 14.3 Å². The summed E-state index contributed by atoms with van der Waals surface area (Å²) in [7, 11) is 0. The van der Waals surface area contributed by atoms with Gasteiger partial charge < -0.3 is 10.0 Å². The Hall–Kier alpha value is -4.00. The second-order valence-corrected chi connectivity index (χ2v) is 7.12. The van der Waals surface area contributed by atoms with Gasteiger partial charge in [-0.25, -0.2) is 4.39 Å². The van der Waals surface area contributed by atoms with E-state index >= 15 is 0 Å². The number of carbonyl (C=O) groups excluding carboxylic acids is 1. The van der Waals surface area contributed by atoms with E-state index in [4.69, 9.17) is 0 Å². The number of hydrogen-bond donors (Lipinski definition) is 2. The summed E-state index contributed by atoms with van der Waals surface area (Å²) in [5, 5.41) is 17.6. The summed E-state index contributed by atoms with van der Waals surface area (Å²) in [5.74, 6) is -0.480. The van der Waals surface area contributed by atoms with Gasteiger partial charge >= 0.3 is 0 Å². The van der Waals surface area contributed by atoms with Crippen molar-refractivity contribution in [2.45, 2.75) is 12.6 Å². The van der Waals surface area contributed by atoms with Gasteiger partial charge in [-0.2, -0.15) is 5.10 Å². The van der Waals surface area contributed by atoms with E-state index < -0.39 is 6.04 Å². The summed E-state index contributed by atoms with van der Waals surface area (Å²) >= 11 is 0. The molecule has 1 atom stereocenters. The van der Waals surface area contributed by atoms with Crippen LogP contribution in [0.15, 0.2) is 73.1 Å². The smallest absolute Gasteiger partial charge is 0.273 e. The van der Waals surface area contributed by atoms with E-state index in [1.807, 2.05) is 12.1 Å². The first-order valence-electron chi connectivity index (χ1n) is 9.45. The minimum atomic E-state index is -0.477. The lowest BCUT2D eigenvalue weighted by atomic mass is 9.95. The van der Waals surface area contributed by atoms with Gasteiger partial charge in [-0.1, -0.05) is 24.3 Å². The summed E-state index contributed by atoms with van der Waals surface area (Å²) in [6.07, 6.45) is 3.36. The number of pyridine rings is 1. The van der Waals surface area contributed by atoms with Gasteiger partial charge in [-0.15, -0.1) is 0 Å². The lowest BCUT2D eigenvalue weighted by Crippen LogP contribution is -2.29. The van der Waals surface area contributed by atoms with Gasteiger partial charge in [0.1, 0.15) is 23.0 Å². The number of H-pyrrole nitrogens is 1. The van der Waals surface area contributed by atoms with Crippen molar-refractivity contribution in [2.24, 2.45) is 0 Å². The first kappa shape index (κ1) is 18.1. The quantitative estimate of drug-likeness (QED) is 0.541. The van der Waals surface area contributed by atoms with Crippen LogP contribution in [0, 0.1) is 5.82 Å². The number of benzene rings is 2. The predicted molar refractivity (Wildman–Crippen MR) is 108 cm³/mol. The molecule has 148 valence electrons. The van der Waals surface area contributed by atoms with Crippen molar-refractivity contribution in [3.8, 4) is 17.0 Å². The molecule has 3 heterocycles. The number of aromatic nitrogens is 3. The van der Waals surface area contributed by atoms with Crippen molar-refractivity contribution in [3.05, 3.63) is 101 Å². The largest absolute Gasteiger partial charge is 0.507 e. The standard InChI is InChI=1S/C23H17FN4O2/c24-16-7-5-15(6-8-16)22-19-20(17-3-1-2-4-18(17)29)26-27-21(19)23(30)28(22)13-14-9-11-25-12-10-14/h1-12,22,29H,13H2,(H,26,27)/t22-/m1/s1. The molecular weight excluding hydrogens is 383 g/mol. The van der Waals surface area contributed by atoms with Crippen LogP contribution in [0.1, 0.15) is 33.2 Å². The molecule has 4 aromatic rings. The Balaban J connectivity index is 1.67. The first-order chi connectivity index (χ1) is 14.6. The number of phenolic OH excluding ortho intramolecular Hbond substituents is 1. The highest BCUT2D eigenvalue weighted by molar-refractivity contribution is 6.00. The van der Waals surface area contributed by atoms with Gasteiger partial charge in [0, 0.05) is 30.1 Å². The molecule has 5 rings (SSSR count). The van der Waals surface area contributed by atoms with Crippen LogP contribution in [0.4, 0.5) is 4.39 Å². The Labute approximate surface area is 171 Å². The van der Waals surface area contributed by atoms with Gasteiger partial charge in [0.15, 0.2) is 0 Å². The van der Waals surface area contributed by atoms with Gasteiger partial charge in [-0.3, -0.25) is 14.9 Å². The lowest BCUT2D eigenvalue weighted by molar-refractivity contribution is 0.0730. The van der Waals surface area contributed by atoms with Gasteiger partial charge in [-0.05, 0) is 47.5 Å².